The van der Waals surface area contributed by atoms with Crippen molar-refractivity contribution in [2.75, 3.05) is 7.11 Å². The van der Waals surface area contributed by atoms with Gasteiger partial charge in [0.2, 0.25) is 6.41 Å². The fraction of sp³-hybridized carbons (Fsp3) is 0.280. The SMILES string of the molecule is COc1ccc(-n2cnnn2)c(CNC=O)c1F.Cc1cn(Cc2cn3cc(C4CC4)ccc3n2)cn1. The second-order valence-electron chi connectivity index (χ2n) is 8.75. The van der Waals surface area contributed by atoms with Crippen molar-refractivity contribution in [3.05, 3.63) is 83.8 Å². The molecule has 12 heteroatoms. The highest BCUT2D eigenvalue weighted by molar-refractivity contribution is 5.50. The van der Waals surface area contributed by atoms with Crippen molar-refractivity contribution in [3.8, 4) is 11.4 Å². The molecule has 0 atom stereocenters. The van der Waals surface area contributed by atoms with E-state index in [1.165, 1.54) is 42.6 Å². The molecule has 5 aromatic rings. The molecule has 1 N–H and O–H groups in total. The number of hydrogen-bond acceptors (Lipinski definition) is 7. The van der Waals surface area contributed by atoms with Crippen LogP contribution in [0.25, 0.3) is 11.3 Å². The minimum absolute atomic E-state index is 0.0156. The summed E-state index contributed by atoms with van der Waals surface area (Å²) < 4.78 is 24.5. The second kappa shape index (κ2) is 10.6. The number of ether oxygens (including phenoxy) is 1. The van der Waals surface area contributed by atoms with Crippen LogP contribution in [0, 0.1) is 12.7 Å². The number of nitrogens with zero attached hydrogens (tertiary/aromatic N) is 8. The van der Waals surface area contributed by atoms with E-state index in [1.807, 2.05) is 19.4 Å². The second-order valence-corrected chi connectivity index (χ2v) is 8.75. The number of hydrogen-bond donors (Lipinski definition) is 1. The molecule has 190 valence electrons. The van der Waals surface area contributed by atoms with Gasteiger partial charge in [-0.1, -0.05) is 6.07 Å². The lowest BCUT2D eigenvalue weighted by molar-refractivity contribution is -0.109. The predicted octanol–water partition coefficient (Wildman–Crippen LogP) is 2.82. The Morgan fingerprint density at radius 3 is 2.70 bits per heavy atom. The van der Waals surface area contributed by atoms with E-state index < -0.39 is 5.82 Å². The Hall–Kier alpha value is -4.61. The molecule has 1 aromatic carbocycles. The zero-order valence-electron chi connectivity index (χ0n) is 20.5. The van der Waals surface area contributed by atoms with Gasteiger partial charge in [0.25, 0.3) is 0 Å². The Kier molecular flexibility index (Phi) is 6.88. The molecule has 0 radical (unpaired) electrons. The molecule has 6 rings (SSSR count). The molecule has 4 heterocycles. The molecule has 1 amide bonds. The number of rotatable bonds is 8. The van der Waals surface area contributed by atoms with Crippen LogP contribution in [-0.2, 0) is 17.9 Å². The number of benzene rings is 1. The third-order valence-electron chi connectivity index (χ3n) is 6.04. The lowest BCUT2D eigenvalue weighted by Crippen LogP contribution is -2.15. The van der Waals surface area contributed by atoms with Gasteiger partial charge in [-0.3, -0.25) is 4.79 Å². The van der Waals surface area contributed by atoms with Crippen LogP contribution in [0.3, 0.4) is 0 Å². The van der Waals surface area contributed by atoms with Crippen LogP contribution in [0.1, 0.15) is 41.3 Å². The number of fused-ring (bicyclic) bond motifs is 1. The Labute approximate surface area is 211 Å². The third-order valence-corrected chi connectivity index (χ3v) is 6.04. The lowest BCUT2D eigenvalue weighted by atomic mass is 10.1. The molecule has 1 fully saturated rings. The minimum atomic E-state index is -0.556. The summed E-state index contributed by atoms with van der Waals surface area (Å²) in [6.07, 6.45) is 12.7. The van der Waals surface area contributed by atoms with Crippen LogP contribution >= 0.6 is 0 Å². The Balaban J connectivity index is 0.000000152. The van der Waals surface area contributed by atoms with Crippen molar-refractivity contribution in [3.63, 3.8) is 0 Å². The molecule has 1 aliphatic rings. The maximum Gasteiger partial charge on any atom is 0.207 e. The number of carbonyl (C=O) groups excluding carboxylic acids is 1. The zero-order valence-corrected chi connectivity index (χ0v) is 20.5. The quantitative estimate of drug-likeness (QED) is 0.324. The molecule has 11 nitrogen and oxygen atoms in total. The van der Waals surface area contributed by atoms with E-state index in [4.69, 9.17) is 4.74 Å². The number of amides is 1. The van der Waals surface area contributed by atoms with Crippen LogP contribution < -0.4 is 10.1 Å². The number of pyridine rings is 1. The number of nitrogens with one attached hydrogen (secondary N) is 1. The van der Waals surface area contributed by atoms with Gasteiger partial charge in [0, 0.05) is 30.7 Å². The van der Waals surface area contributed by atoms with Gasteiger partial charge in [-0.2, -0.15) is 0 Å². The Morgan fingerprint density at radius 1 is 1.16 bits per heavy atom. The maximum absolute atomic E-state index is 14.1. The van der Waals surface area contributed by atoms with E-state index >= 15 is 0 Å². The van der Waals surface area contributed by atoms with E-state index in [9.17, 15) is 9.18 Å². The van der Waals surface area contributed by atoms with E-state index in [1.54, 1.807) is 6.07 Å². The Bertz CT molecular complexity index is 1510. The first kappa shape index (κ1) is 24.1. The van der Waals surface area contributed by atoms with E-state index in [0.717, 1.165) is 29.5 Å². The van der Waals surface area contributed by atoms with Gasteiger partial charge in [-0.25, -0.2) is 19.0 Å². The summed E-state index contributed by atoms with van der Waals surface area (Å²) in [5.74, 6) is 0.320. The largest absolute Gasteiger partial charge is 0.494 e. The van der Waals surface area contributed by atoms with Gasteiger partial charge in [-0.15, -0.1) is 5.10 Å². The number of carbonyl (C=O) groups is 1. The van der Waals surface area contributed by atoms with Gasteiger partial charge < -0.3 is 19.0 Å². The summed E-state index contributed by atoms with van der Waals surface area (Å²) in [4.78, 5) is 19.2. The average molecular weight is 504 g/mol. The summed E-state index contributed by atoms with van der Waals surface area (Å²) in [6, 6.07) is 7.41. The fourth-order valence-corrected chi connectivity index (χ4v) is 4.09. The Morgan fingerprint density at radius 2 is 2.03 bits per heavy atom. The molecule has 0 saturated heterocycles. The van der Waals surface area contributed by atoms with Crippen molar-refractivity contribution in [2.45, 2.75) is 38.8 Å². The van der Waals surface area contributed by atoms with Crippen LogP contribution in [0.2, 0.25) is 0 Å². The van der Waals surface area contributed by atoms with E-state index in [0.29, 0.717) is 12.1 Å². The maximum atomic E-state index is 14.1. The van der Waals surface area contributed by atoms with Gasteiger partial charge >= 0.3 is 0 Å². The molecule has 0 aliphatic heterocycles. The summed E-state index contributed by atoms with van der Waals surface area (Å²) in [7, 11) is 1.37. The molecule has 0 unspecified atom stereocenters. The van der Waals surface area contributed by atoms with E-state index in [-0.39, 0.29) is 17.9 Å². The first-order valence-corrected chi connectivity index (χ1v) is 11.8. The van der Waals surface area contributed by atoms with Gasteiger partial charge in [-0.05, 0) is 59.9 Å². The number of aryl methyl sites for hydroxylation is 1. The summed E-state index contributed by atoms with van der Waals surface area (Å²) >= 11 is 0. The number of aromatic nitrogens is 8. The van der Waals surface area contributed by atoms with Gasteiger partial charge in [0.1, 0.15) is 12.0 Å². The topological polar surface area (TPSA) is 117 Å². The first-order chi connectivity index (χ1) is 18.1. The summed E-state index contributed by atoms with van der Waals surface area (Å²) in [6.45, 7) is 2.80. The molecule has 4 aromatic heterocycles. The molecule has 1 aliphatic carbocycles. The molecule has 37 heavy (non-hydrogen) atoms. The number of methoxy groups -OCH3 is 1. The van der Waals surface area contributed by atoms with Gasteiger partial charge in [0.15, 0.2) is 11.6 Å². The highest BCUT2D eigenvalue weighted by atomic mass is 19.1. The summed E-state index contributed by atoms with van der Waals surface area (Å²) in [5, 5.41) is 13.0. The van der Waals surface area contributed by atoms with Crippen molar-refractivity contribution in [2.24, 2.45) is 0 Å². The number of tetrazole rings is 1. The molecule has 0 spiro atoms. The van der Waals surface area contributed by atoms with Crippen LogP contribution in [0.4, 0.5) is 4.39 Å². The van der Waals surface area contributed by atoms with Crippen molar-refractivity contribution < 1.29 is 13.9 Å². The first-order valence-electron chi connectivity index (χ1n) is 11.8. The monoisotopic (exact) mass is 503 g/mol. The number of halogens is 1. The summed E-state index contributed by atoms with van der Waals surface area (Å²) in [5.41, 5.74) is 5.26. The van der Waals surface area contributed by atoms with Crippen molar-refractivity contribution in [1.29, 1.82) is 0 Å². The highest BCUT2D eigenvalue weighted by Gasteiger charge is 2.23. The van der Waals surface area contributed by atoms with Crippen molar-refractivity contribution in [1.82, 2.24) is 44.5 Å². The number of imidazole rings is 2. The average Bonchev–Trinajstić information content (AvgIpc) is 3.25. The smallest absolute Gasteiger partial charge is 0.207 e. The van der Waals surface area contributed by atoms with Crippen LogP contribution in [-0.4, -0.2) is 52.7 Å². The predicted molar refractivity (Wildman–Crippen MR) is 132 cm³/mol. The van der Waals surface area contributed by atoms with Gasteiger partial charge in [0.05, 0.1) is 37.1 Å². The fourth-order valence-electron chi connectivity index (χ4n) is 4.09. The molecule has 1 saturated carbocycles. The molecular formula is C25H26FN9O2. The molecular weight excluding hydrogens is 477 g/mol. The normalized spacial score (nSPS) is 12.7. The molecule has 0 bridgehead atoms. The van der Waals surface area contributed by atoms with Crippen LogP contribution in [0.5, 0.6) is 5.75 Å². The zero-order chi connectivity index (χ0) is 25.8. The third kappa shape index (κ3) is 5.47. The highest BCUT2D eigenvalue weighted by Crippen LogP contribution is 2.39. The van der Waals surface area contributed by atoms with Crippen LogP contribution in [0.15, 0.2) is 55.5 Å². The lowest BCUT2D eigenvalue weighted by Gasteiger charge is -2.12. The van der Waals surface area contributed by atoms with E-state index in [2.05, 4.69) is 64.3 Å². The standard InChI is InChI=1S/C15H16N4.C10H10FN5O2/c1-11-6-18(10-16-11)8-14-9-19-7-13(12-2-3-12)4-5-15(19)17-14;1-18-9-3-2-8(16-5-13-14-15-16)7(10(9)11)4-12-6-17/h4-7,9-10,12H,2-3,8H2,1H3;2-3,5-6H,4H2,1H3,(H,12,17). The minimum Gasteiger partial charge on any atom is -0.494 e. The van der Waals surface area contributed by atoms with Crippen molar-refractivity contribution >= 4 is 12.1 Å².